The largest absolute Gasteiger partial charge is 0.407 e. The van der Waals surface area contributed by atoms with Gasteiger partial charge in [-0.3, -0.25) is 4.58 Å². The summed E-state index contributed by atoms with van der Waals surface area (Å²) in [5, 5.41) is 8.96. The normalized spacial score (nSPS) is 32.7. The number of fused-ring (bicyclic) bond motifs is 1. The van der Waals surface area contributed by atoms with Crippen LogP contribution >= 0.6 is 22.9 Å². The molecule has 0 bridgehead atoms. The first kappa shape index (κ1) is 15.8. The molecule has 126 valence electrons. The van der Waals surface area contributed by atoms with Crippen molar-refractivity contribution in [2.75, 3.05) is 7.05 Å². The second kappa shape index (κ2) is 6.01. The molecule has 4 atom stereocenters. The van der Waals surface area contributed by atoms with Gasteiger partial charge in [-0.1, -0.05) is 19.1 Å². The molecule has 0 saturated carbocycles. The van der Waals surface area contributed by atoms with Crippen LogP contribution in [0, 0.1) is 5.92 Å². The summed E-state index contributed by atoms with van der Waals surface area (Å²) < 4.78 is 2.13. The van der Waals surface area contributed by atoms with Crippen LogP contribution in [0.4, 0.5) is 4.79 Å². The number of nitrogens with one attached hydrogen (secondary N) is 2. The van der Waals surface area contributed by atoms with Gasteiger partial charge in [0.05, 0.1) is 12.4 Å². The van der Waals surface area contributed by atoms with E-state index in [0.29, 0.717) is 0 Å². The summed E-state index contributed by atoms with van der Waals surface area (Å²) in [6, 6.07) is -0.0594. The second-order valence-electron chi connectivity index (χ2n) is 6.59. The number of thiazole rings is 1. The van der Waals surface area contributed by atoms with Crippen LogP contribution < -0.4 is 10.6 Å². The average Bonchev–Trinajstić information content (AvgIpc) is 3.23. The predicted octanol–water partition coefficient (Wildman–Crippen LogP) is 2.59. The fourth-order valence-corrected chi connectivity index (χ4v) is 5.05. The van der Waals surface area contributed by atoms with E-state index in [-0.39, 0.29) is 29.4 Å². The Kier molecular flexibility index (Phi) is 3.96. The molecule has 1 aromatic heterocycles. The van der Waals surface area contributed by atoms with Gasteiger partial charge >= 0.3 is 6.03 Å². The number of urea groups is 1. The van der Waals surface area contributed by atoms with Crippen molar-refractivity contribution in [1.29, 1.82) is 0 Å². The highest BCUT2D eigenvalue weighted by molar-refractivity contribution is 7.10. The van der Waals surface area contributed by atoms with E-state index in [1.165, 1.54) is 11.1 Å². The number of alkyl halides is 1. The lowest BCUT2D eigenvalue weighted by atomic mass is 9.83. The molecule has 3 aliphatic rings. The van der Waals surface area contributed by atoms with Gasteiger partial charge < -0.3 is 5.32 Å². The van der Waals surface area contributed by atoms with E-state index in [9.17, 15) is 4.79 Å². The molecule has 1 fully saturated rings. The molecule has 2 aliphatic heterocycles. The van der Waals surface area contributed by atoms with Crippen molar-refractivity contribution >= 4 is 40.4 Å². The zero-order valence-electron chi connectivity index (χ0n) is 13.6. The third-order valence-corrected chi connectivity index (χ3v) is 6.70. The summed E-state index contributed by atoms with van der Waals surface area (Å²) in [6.07, 6.45) is 8.15. The van der Waals surface area contributed by atoms with Crippen molar-refractivity contribution < 1.29 is 9.37 Å². The summed E-state index contributed by atoms with van der Waals surface area (Å²) in [5.74, 6) is 1.11. The quantitative estimate of drug-likeness (QED) is 0.626. The number of nitrogens with zero attached hydrogens (tertiary/aromatic N) is 2. The molecule has 0 aromatic carbocycles. The summed E-state index contributed by atoms with van der Waals surface area (Å²) in [7, 11) is 2.02. The smallest absolute Gasteiger partial charge is 0.303 e. The first-order valence-corrected chi connectivity index (χ1v) is 9.48. The maximum Gasteiger partial charge on any atom is 0.407 e. The first-order valence-electron chi connectivity index (χ1n) is 8.17. The van der Waals surface area contributed by atoms with Gasteiger partial charge in [0.2, 0.25) is 0 Å². The number of carbonyl (C=O) groups excluding carboxylic acids is 1. The molecule has 2 N–H and O–H groups in total. The van der Waals surface area contributed by atoms with Crippen molar-refractivity contribution in [3.63, 3.8) is 0 Å². The molecule has 0 radical (unpaired) electrons. The molecule has 2 amide bonds. The topological polar surface area (TPSA) is 57.0 Å². The maximum absolute atomic E-state index is 11.7. The number of carbonyl (C=O) groups is 1. The molecular weight excluding hydrogens is 344 g/mol. The Bertz CT molecular complexity index is 768. The minimum atomic E-state index is -0.137. The van der Waals surface area contributed by atoms with Gasteiger partial charge in [-0.15, -0.1) is 22.9 Å². The molecule has 0 spiro atoms. The zero-order valence-corrected chi connectivity index (χ0v) is 15.2. The van der Waals surface area contributed by atoms with E-state index in [4.69, 9.17) is 11.6 Å². The summed E-state index contributed by atoms with van der Waals surface area (Å²) in [4.78, 5) is 16.1. The number of likely N-dealkylation sites (N-methyl/N-ethyl adjacent to an activating group) is 1. The van der Waals surface area contributed by atoms with Crippen LogP contribution in [0.3, 0.4) is 0 Å². The molecule has 1 aliphatic carbocycles. The number of amides is 2. The number of halogens is 1. The minimum absolute atomic E-state index is 0.0214. The molecule has 4 unspecified atom stereocenters. The number of hydrogen-bond acceptors (Lipinski definition) is 3. The predicted molar refractivity (Wildman–Crippen MR) is 96.6 cm³/mol. The lowest BCUT2D eigenvalue weighted by Crippen LogP contribution is -2.56. The lowest BCUT2D eigenvalue weighted by Gasteiger charge is -2.36. The highest BCUT2D eigenvalue weighted by Gasteiger charge is 2.50. The number of aromatic nitrogens is 1. The van der Waals surface area contributed by atoms with Gasteiger partial charge in [-0.05, 0) is 24.0 Å². The SMILES string of the molecule is CC1C2NC(=O)NC2=[N+](C)C(C2=CC=C(c3nccs3)CC2)C1Cl. The van der Waals surface area contributed by atoms with Gasteiger partial charge in [-0.2, -0.15) is 5.32 Å². The van der Waals surface area contributed by atoms with Gasteiger partial charge in [0, 0.05) is 17.5 Å². The molecule has 1 aromatic rings. The number of rotatable bonds is 2. The monoisotopic (exact) mass is 363 g/mol. The van der Waals surface area contributed by atoms with Crippen molar-refractivity contribution in [1.82, 2.24) is 15.6 Å². The van der Waals surface area contributed by atoms with E-state index in [2.05, 4.69) is 39.3 Å². The van der Waals surface area contributed by atoms with Crippen LogP contribution in [-0.2, 0) is 0 Å². The fraction of sp³-hybridized carbons (Fsp3) is 0.471. The van der Waals surface area contributed by atoms with Crippen molar-refractivity contribution in [3.05, 3.63) is 34.3 Å². The van der Waals surface area contributed by atoms with Gasteiger partial charge in [0.1, 0.15) is 17.1 Å². The average molecular weight is 364 g/mol. The number of amidine groups is 1. The Morgan fingerprint density at radius 3 is 2.88 bits per heavy atom. The lowest BCUT2D eigenvalue weighted by molar-refractivity contribution is -0.537. The Balaban J connectivity index is 1.67. The third-order valence-electron chi connectivity index (χ3n) is 5.22. The first-order chi connectivity index (χ1) is 11.6. The van der Waals surface area contributed by atoms with Crippen LogP contribution in [0.5, 0.6) is 0 Å². The standard InChI is InChI=1S/C17H19ClN4OS/c1-9-12(18)14(22(2)15-13(9)20-17(23)21-15)10-3-5-11(6-4-10)16-19-7-8-24-16/h3,5,7-9,12-14H,4,6H2,1-2H3,(H,20,23)/p+1. The van der Waals surface area contributed by atoms with Crippen LogP contribution in [0.2, 0.25) is 0 Å². The zero-order chi connectivity index (χ0) is 16.8. The van der Waals surface area contributed by atoms with E-state index < -0.39 is 0 Å². The molecule has 5 nitrogen and oxygen atoms in total. The highest BCUT2D eigenvalue weighted by atomic mass is 35.5. The molecule has 3 heterocycles. The van der Waals surface area contributed by atoms with Crippen LogP contribution in [0.15, 0.2) is 29.3 Å². The fourth-order valence-electron chi connectivity index (χ4n) is 3.88. The maximum atomic E-state index is 11.7. The van der Waals surface area contributed by atoms with Crippen LogP contribution in [0.1, 0.15) is 24.8 Å². The Hall–Kier alpha value is -1.66. The Morgan fingerprint density at radius 1 is 1.38 bits per heavy atom. The van der Waals surface area contributed by atoms with E-state index in [0.717, 1.165) is 23.7 Å². The molecule has 7 heteroatoms. The molecule has 4 rings (SSSR count). The Labute approximate surface area is 150 Å². The number of hydrogen-bond donors (Lipinski definition) is 2. The van der Waals surface area contributed by atoms with E-state index in [1.54, 1.807) is 11.3 Å². The molecular formula is C17H20ClN4OS+. The van der Waals surface area contributed by atoms with E-state index >= 15 is 0 Å². The van der Waals surface area contributed by atoms with Crippen molar-refractivity contribution in [2.24, 2.45) is 5.92 Å². The molecule has 24 heavy (non-hydrogen) atoms. The van der Waals surface area contributed by atoms with Crippen LogP contribution in [-0.4, -0.2) is 45.9 Å². The van der Waals surface area contributed by atoms with Crippen molar-refractivity contribution in [2.45, 2.75) is 37.2 Å². The van der Waals surface area contributed by atoms with Gasteiger partial charge in [0.15, 0.2) is 0 Å². The summed E-state index contributed by atoms with van der Waals surface area (Å²) >= 11 is 8.48. The second-order valence-corrected chi connectivity index (χ2v) is 7.99. The van der Waals surface area contributed by atoms with Crippen LogP contribution in [0.25, 0.3) is 5.57 Å². The van der Waals surface area contributed by atoms with Crippen molar-refractivity contribution in [3.8, 4) is 0 Å². The summed E-state index contributed by atoms with van der Waals surface area (Å²) in [6.45, 7) is 2.11. The number of allylic oxidation sites excluding steroid dienone is 3. The van der Waals surface area contributed by atoms with Gasteiger partial charge in [0.25, 0.3) is 5.84 Å². The highest BCUT2D eigenvalue weighted by Crippen LogP contribution is 2.35. The van der Waals surface area contributed by atoms with E-state index in [1.807, 2.05) is 18.6 Å². The summed E-state index contributed by atoms with van der Waals surface area (Å²) in [5.41, 5.74) is 2.60. The minimum Gasteiger partial charge on any atom is -0.303 e. The Morgan fingerprint density at radius 2 is 2.21 bits per heavy atom. The third kappa shape index (κ3) is 2.48. The van der Waals surface area contributed by atoms with Gasteiger partial charge in [-0.25, -0.2) is 9.78 Å². The molecule has 1 saturated heterocycles.